The van der Waals surface area contributed by atoms with Gasteiger partial charge in [0.25, 0.3) is 0 Å². The van der Waals surface area contributed by atoms with Crippen LogP contribution in [0, 0.1) is 10.1 Å². The van der Waals surface area contributed by atoms with Gasteiger partial charge in [-0.1, -0.05) is 0 Å². The molecule has 1 aliphatic heterocycles. The van der Waals surface area contributed by atoms with Crippen LogP contribution in [-0.4, -0.2) is 69.0 Å². The van der Waals surface area contributed by atoms with Crippen LogP contribution in [0.2, 0.25) is 0 Å². The molecule has 0 aromatic heterocycles. The number of morpholine rings is 1. The Labute approximate surface area is 151 Å². The van der Waals surface area contributed by atoms with Gasteiger partial charge in [-0.25, -0.2) is 4.79 Å². The van der Waals surface area contributed by atoms with Crippen molar-refractivity contribution >= 4 is 11.7 Å². The summed E-state index contributed by atoms with van der Waals surface area (Å²) in [7, 11) is 1.30. The number of nitro benzene ring substituents is 1. The predicted molar refractivity (Wildman–Crippen MR) is 93.0 cm³/mol. The first-order chi connectivity index (χ1) is 12.6. The Kier molecular flexibility index (Phi) is 7.61. The molecule has 1 saturated heterocycles. The molecule has 0 atom stereocenters. The second-order valence-corrected chi connectivity index (χ2v) is 5.63. The van der Waals surface area contributed by atoms with Crippen molar-refractivity contribution in [3.8, 4) is 11.5 Å². The van der Waals surface area contributed by atoms with Crippen LogP contribution >= 0.6 is 0 Å². The van der Waals surface area contributed by atoms with Gasteiger partial charge in [0.1, 0.15) is 5.56 Å². The number of carbonyl (C=O) groups is 1. The summed E-state index contributed by atoms with van der Waals surface area (Å²) < 4.78 is 21.0. The van der Waals surface area contributed by atoms with Gasteiger partial charge in [-0.05, 0) is 25.5 Å². The predicted octanol–water partition coefficient (Wildman–Crippen LogP) is 1.88. The maximum absolute atomic E-state index is 11.9. The summed E-state index contributed by atoms with van der Waals surface area (Å²) in [5.74, 6) is -0.613. The zero-order valence-electron chi connectivity index (χ0n) is 15.1. The maximum atomic E-state index is 11.9. The Balaban J connectivity index is 2.06. The van der Waals surface area contributed by atoms with Crippen LogP contribution in [-0.2, 0) is 9.47 Å². The molecule has 9 heteroatoms. The molecule has 1 aliphatic rings. The van der Waals surface area contributed by atoms with Gasteiger partial charge in [0.2, 0.25) is 5.75 Å². The van der Waals surface area contributed by atoms with Crippen molar-refractivity contribution in [2.75, 3.05) is 53.2 Å². The van der Waals surface area contributed by atoms with E-state index < -0.39 is 16.6 Å². The Morgan fingerprint density at radius 3 is 2.69 bits per heavy atom. The third-order valence-electron chi connectivity index (χ3n) is 3.96. The second-order valence-electron chi connectivity index (χ2n) is 5.63. The van der Waals surface area contributed by atoms with Gasteiger partial charge in [0.15, 0.2) is 5.75 Å². The van der Waals surface area contributed by atoms with Crippen molar-refractivity contribution in [1.82, 2.24) is 4.90 Å². The number of nitro groups is 1. The summed E-state index contributed by atoms with van der Waals surface area (Å²) in [6.07, 6.45) is 0.760. The van der Waals surface area contributed by atoms with E-state index in [1.165, 1.54) is 19.2 Å². The fraction of sp³-hybridized carbons (Fsp3) is 0.588. The van der Waals surface area contributed by atoms with E-state index in [9.17, 15) is 14.9 Å². The molecule has 0 N–H and O–H groups in total. The quantitative estimate of drug-likeness (QED) is 0.282. The van der Waals surface area contributed by atoms with Crippen molar-refractivity contribution in [3.05, 3.63) is 27.8 Å². The lowest BCUT2D eigenvalue weighted by Crippen LogP contribution is -2.37. The standard InChI is InChI=1S/C17H24N2O7/c1-3-25-17(20)13-5-6-14(16(23-2)15(13)19(21)22)26-10-4-7-18-8-11-24-12-9-18/h5-6H,3-4,7-12H2,1-2H3. The first-order valence-electron chi connectivity index (χ1n) is 8.53. The molecule has 1 aromatic rings. The lowest BCUT2D eigenvalue weighted by atomic mass is 10.1. The zero-order chi connectivity index (χ0) is 18.9. The molecule has 0 unspecified atom stereocenters. The number of hydrogen-bond acceptors (Lipinski definition) is 8. The minimum atomic E-state index is -0.767. The highest BCUT2D eigenvalue weighted by Crippen LogP contribution is 2.40. The van der Waals surface area contributed by atoms with Crippen molar-refractivity contribution in [3.63, 3.8) is 0 Å². The Morgan fingerprint density at radius 2 is 2.08 bits per heavy atom. The van der Waals surface area contributed by atoms with Crippen molar-refractivity contribution in [2.24, 2.45) is 0 Å². The van der Waals surface area contributed by atoms with E-state index in [0.717, 1.165) is 39.3 Å². The maximum Gasteiger partial charge on any atom is 0.345 e. The number of rotatable bonds is 9. The molecule has 0 saturated carbocycles. The molecule has 0 aliphatic carbocycles. The number of nitrogens with zero attached hydrogens (tertiary/aromatic N) is 2. The molecule has 1 fully saturated rings. The van der Waals surface area contributed by atoms with Gasteiger partial charge in [-0.15, -0.1) is 0 Å². The summed E-state index contributed by atoms with van der Waals surface area (Å²) in [5.41, 5.74) is -0.606. The first-order valence-corrected chi connectivity index (χ1v) is 8.53. The Bertz CT molecular complexity index is 630. The van der Waals surface area contributed by atoms with Gasteiger partial charge >= 0.3 is 11.7 Å². The van der Waals surface area contributed by atoms with E-state index in [2.05, 4.69) is 4.90 Å². The van der Waals surface area contributed by atoms with Crippen molar-refractivity contribution in [2.45, 2.75) is 13.3 Å². The average molecular weight is 368 g/mol. The SMILES string of the molecule is CCOC(=O)c1ccc(OCCCN2CCOCC2)c(OC)c1[N+](=O)[O-]. The average Bonchev–Trinajstić information content (AvgIpc) is 2.65. The minimum Gasteiger partial charge on any atom is -0.489 e. The molecule has 1 aromatic carbocycles. The van der Waals surface area contributed by atoms with Gasteiger partial charge in [0, 0.05) is 19.6 Å². The number of ether oxygens (including phenoxy) is 4. The number of hydrogen-bond donors (Lipinski definition) is 0. The molecule has 1 heterocycles. The fourth-order valence-corrected chi connectivity index (χ4v) is 2.71. The Hall–Kier alpha value is -2.39. The molecule has 26 heavy (non-hydrogen) atoms. The normalized spacial score (nSPS) is 14.7. The van der Waals surface area contributed by atoms with Crippen LogP contribution in [0.15, 0.2) is 12.1 Å². The van der Waals surface area contributed by atoms with E-state index >= 15 is 0 Å². The number of carbonyl (C=O) groups excluding carboxylic acids is 1. The highest BCUT2D eigenvalue weighted by molar-refractivity contribution is 5.96. The monoisotopic (exact) mass is 368 g/mol. The summed E-state index contributed by atoms with van der Waals surface area (Å²) in [6.45, 7) is 6.24. The number of esters is 1. The third-order valence-corrected chi connectivity index (χ3v) is 3.96. The van der Waals surface area contributed by atoms with Crippen molar-refractivity contribution < 1.29 is 28.7 Å². The van der Waals surface area contributed by atoms with Gasteiger partial charge in [-0.3, -0.25) is 15.0 Å². The van der Waals surface area contributed by atoms with Crippen LogP contribution in [0.4, 0.5) is 5.69 Å². The van der Waals surface area contributed by atoms with Crippen LogP contribution in [0.1, 0.15) is 23.7 Å². The first kappa shape index (κ1) is 19.9. The second kappa shape index (κ2) is 9.93. The summed E-state index contributed by atoms with van der Waals surface area (Å²) in [5, 5.41) is 11.4. The molecule has 0 bridgehead atoms. The number of methoxy groups -OCH3 is 1. The van der Waals surface area contributed by atoms with E-state index in [0.29, 0.717) is 6.61 Å². The molecule has 144 valence electrons. The van der Waals surface area contributed by atoms with Crippen LogP contribution in [0.3, 0.4) is 0 Å². The topological polar surface area (TPSA) is 100 Å². The molecule has 0 radical (unpaired) electrons. The number of benzene rings is 1. The molecule has 9 nitrogen and oxygen atoms in total. The van der Waals surface area contributed by atoms with Gasteiger partial charge < -0.3 is 18.9 Å². The van der Waals surface area contributed by atoms with Crippen LogP contribution in [0.25, 0.3) is 0 Å². The Morgan fingerprint density at radius 1 is 1.35 bits per heavy atom. The van der Waals surface area contributed by atoms with E-state index in [4.69, 9.17) is 18.9 Å². The minimum absolute atomic E-state index is 0.0769. The lowest BCUT2D eigenvalue weighted by Gasteiger charge is -2.26. The van der Waals surface area contributed by atoms with E-state index in [-0.39, 0.29) is 23.7 Å². The molecular formula is C17H24N2O7. The molecular weight excluding hydrogens is 344 g/mol. The third kappa shape index (κ3) is 5.06. The van der Waals surface area contributed by atoms with Gasteiger partial charge in [0.05, 0.1) is 38.5 Å². The largest absolute Gasteiger partial charge is 0.489 e. The van der Waals surface area contributed by atoms with E-state index in [1.807, 2.05) is 0 Å². The van der Waals surface area contributed by atoms with Gasteiger partial charge in [-0.2, -0.15) is 0 Å². The molecule has 2 rings (SSSR count). The lowest BCUT2D eigenvalue weighted by molar-refractivity contribution is -0.386. The molecule has 0 spiro atoms. The van der Waals surface area contributed by atoms with Crippen molar-refractivity contribution in [1.29, 1.82) is 0 Å². The summed E-state index contributed by atoms with van der Waals surface area (Å²) in [6, 6.07) is 2.82. The fourth-order valence-electron chi connectivity index (χ4n) is 2.71. The van der Waals surface area contributed by atoms with Crippen LogP contribution in [0.5, 0.6) is 11.5 Å². The smallest absolute Gasteiger partial charge is 0.345 e. The summed E-state index contributed by atoms with van der Waals surface area (Å²) in [4.78, 5) is 25.0. The highest BCUT2D eigenvalue weighted by atomic mass is 16.6. The molecule has 0 amide bonds. The zero-order valence-corrected chi connectivity index (χ0v) is 15.1. The highest BCUT2D eigenvalue weighted by Gasteiger charge is 2.30. The van der Waals surface area contributed by atoms with Crippen LogP contribution < -0.4 is 9.47 Å². The van der Waals surface area contributed by atoms with E-state index in [1.54, 1.807) is 6.92 Å². The summed E-state index contributed by atoms with van der Waals surface area (Å²) >= 11 is 0.